The van der Waals surface area contributed by atoms with Crippen molar-refractivity contribution < 1.29 is 13.9 Å². The van der Waals surface area contributed by atoms with Crippen molar-refractivity contribution in [2.24, 2.45) is 0 Å². The second-order valence-electron chi connectivity index (χ2n) is 6.71. The highest BCUT2D eigenvalue weighted by atomic mass is 35.5. The molecule has 2 aromatic heterocycles. The molecule has 1 aliphatic heterocycles. The molecule has 1 amide bonds. The van der Waals surface area contributed by atoms with Crippen LogP contribution in [-0.2, 0) is 0 Å². The summed E-state index contributed by atoms with van der Waals surface area (Å²) in [4.78, 5) is 36.6. The topological polar surface area (TPSA) is 85.5 Å². The molecule has 30 heavy (non-hydrogen) atoms. The maximum Gasteiger partial charge on any atom is 0.297 e. The highest BCUT2D eigenvalue weighted by Gasteiger charge is 2.44. The van der Waals surface area contributed by atoms with Gasteiger partial charge in [-0.3, -0.25) is 14.5 Å². The van der Waals surface area contributed by atoms with Crippen LogP contribution in [0.2, 0.25) is 5.02 Å². The van der Waals surface area contributed by atoms with E-state index < -0.39 is 11.9 Å². The van der Waals surface area contributed by atoms with Crippen LogP contribution in [0.3, 0.4) is 0 Å². The summed E-state index contributed by atoms with van der Waals surface area (Å²) in [7, 11) is 1.57. The SMILES string of the molecule is COc1ccc(C2c3c(oc4ccc(Cl)cc4c3=O)C(=O)N2c2ncccn2)cc1. The number of anilines is 1. The Hall–Kier alpha value is -3.71. The van der Waals surface area contributed by atoms with Gasteiger partial charge in [-0.05, 0) is 42.0 Å². The molecule has 0 saturated carbocycles. The summed E-state index contributed by atoms with van der Waals surface area (Å²) in [5.74, 6) is 0.327. The number of hydrogen-bond donors (Lipinski definition) is 0. The Labute approximate surface area is 175 Å². The maximum absolute atomic E-state index is 13.4. The summed E-state index contributed by atoms with van der Waals surface area (Å²) in [6.07, 6.45) is 3.07. The normalized spacial score (nSPS) is 15.5. The van der Waals surface area contributed by atoms with E-state index in [1.807, 2.05) is 0 Å². The zero-order valence-corrected chi connectivity index (χ0v) is 16.5. The zero-order valence-electron chi connectivity index (χ0n) is 15.7. The number of fused-ring (bicyclic) bond motifs is 2. The van der Waals surface area contributed by atoms with Gasteiger partial charge >= 0.3 is 0 Å². The van der Waals surface area contributed by atoms with Gasteiger partial charge < -0.3 is 9.15 Å². The molecular weight excluding hydrogens is 406 g/mol. The van der Waals surface area contributed by atoms with Gasteiger partial charge in [-0.25, -0.2) is 9.97 Å². The van der Waals surface area contributed by atoms with E-state index >= 15 is 0 Å². The van der Waals surface area contributed by atoms with Gasteiger partial charge in [0.2, 0.25) is 11.7 Å². The van der Waals surface area contributed by atoms with E-state index in [1.165, 1.54) is 17.3 Å². The number of carbonyl (C=O) groups is 1. The monoisotopic (exact) mass is 419 g/mol. The first-order chi connectivity index (χ1) is 14.6. The number of benzene rings is 2. The first-order valence-electron chi connectivity index (χ1n) is 9.09. The molecule has 0 fully saturated rings. The van der Waals surface area contributed by atoms with E-state index in [9.17, 15) is 9.59 Å². The van der Waals surface area contributed by atoms with Crippen molar-refractivity contribution in [1.82, 2.24) is 9.97 Å². The summed E-state index contributed by atoms with van der Waals surface area (Å²) >= 11 is 6.09. The van der Waals surface area contributed by atoms with Crippen LogP contribution in [0.4, 0.5) is 5.95 Å². The summed E-state index contributed by atoms with van der Waals surface area (Å²) < 4.78 is 11.1. The number of methoxy groups -OCH3 is 1. The van der Waals surface area contributed by atoms with Gasteiger partial charge in [0.1, 0.15) is 11.3 Å². The van der Waals surface area contributed by atoms with E-state index in [0.29, 0.717) is 27.3 Å². The lowest BCUT2D eigenvalue weighted by Crippen LogP contribution is -2.31. The van der Waals surface area contributed by atoms with Crippen LogP contribution in [-0.4, -0.2) is 23.0 Å². The number of aromatic nitrogens is 2. The molecule has 3 heterocycles. The second kappa shape index (κ2) is 6.96. The van der Waals surface area contributed by atoms with Crippen LogP contribution in [0.15, 0.2) is 70.1 Å². The summed E-state index contributed by atoms with van der Waals surface area (Å²) in [6, 6.07) is 12.8. The van der Waals surface area contributed by atoms with Crippen LogP contribution < -0.4 is 15.1 Å². The highest BCUT2D eigenvalue weighted by molar-refractivity contribution is 6.31. The van der Waals surface area contributed by atoms with E-state index in [0.717, 1.165) is 0 Å². The van der Waals surface area contributed by atoms with Crippen molar-refractivity contribution >= 4 is 34.4 Å². The molecule has 1 aliphatic rings. The Morgan fingerprint density at radius 1 is 1.07 bits per heavy atom. The Balaban J connectivity index is 1.80. The van der Waals surface area contributed by atoms with E-state index in [1.54, 1.807) is 55.6 Å². The summed E-state index contributed by atoms with van der Waals surface area (Å²) in [6.45, 7) is 0. The first kappa shape index (κ1) is 18.3. The molecule has 1 atom stereocenters. The van der Waals surface area contributed by atoms with Gasteiger partial charge in [-0.15, -0.1) is 0 Å². The molecule has 4 aromatic rings. The zero-order chi connectivity index (χ0) is 20.8. The van der Waals surface area contributed by atoms with Gasteiger partial charge in [-0.2, -0.15) is 0 Å². The Kier molecular flexibility index (Phi) is 4.25. The predicted octanol–water partition coefficient (Wildman–Crippen LogP) is 3.99. The number of carbonyl (C=O) groups excluding carboxylic acids is 1. The Morgan fingerprint density at radius 2 is 1.80 bits per heavy atom. The molecule has 0 aliphatic carbocycles. The fourth-order valence-corrected chi connectivity index (χ4v) is 3.84. The molecule has 1 unspecified atom stereocenters. The third kappa shape index (κ3) is 2.74. The number of hydrogen-bond acceptors (Lipinski definition) is 6. The number of amides is 1. The van der Waals surface area contributed by atoms with Crippen LogP contribution in [0.5, 0.6) is 5.75 Å². The second-order valence-corrected chi connectivity index (χ2v) is 7.15. The molecule has 5 rings (SSSR count). The molecule has 0 bridgehead atoms. The molecule has 0 saturated heterocycles. The average molecular weight is 420 g/mol. The molecule has 0 N–H and O–H groups in total. The Morgan fingerprint density at radius 3 is 2.50 bits per heavy atom. The van der Waals surface area contributed by atoms with Crippen molar-refractivity contribution in [3.63, 3.8) is 0 Å². The van der Waals surface area contributed by atoms with Gasteiger partial charge in [0, 0.05) is 17.4 Å². The average Bonchev–Trinajstić information content (AvgIpc) is 3.07. The number of nitrogens with zero attached hydrogens (tertiary/aromatic N) is 3. The molecule has 148 valence electrons. The van der Waals surface area contributed by atoms with Gasteiger partial charge in [0.15, 0.2) is 5.43 Å². The standard InChI is InChI=1S/C22H14ClN3O4/c1-29-14-6-3-12(4-7-14)18-17-19(27)15-11-13(23)5-8-16(15)30-20(17)21(28)26(18)22-24-9-2-10-25-22/h2-11,18H,1H3. The lowest BCUT2D eigenvalue weighted by molar-refractivity contribution is 0.0969. The minimum Gasteiger partial charge on any atom is -0.497 e. The van der Waals surface area contributed by atoms with E-state index in [-0.39, 0.29) is 22.7 Å². The van der Waals surface area contributed by atoms with Crippen LogP contribution >= 0.6 is 11.6 Å². The van der Waals surface area contributed by atoms with Gasteiger partial charge in [0.25, 0.3) is 5.91 Å². The fourth-order valence-electron chi connectivity index (χ4n) is 3.67. The predicted molar refractivity (Wildman–Crippen MR) is 111 cm³/mol. The third-order valence-electron chi connectivity index (χ3n) is 5.03. The lowest BCUT2D eigenvalue weighted by Gasteiger charge is -2.23. The van der Waals surface area contributed by atoms with Crippen LogP contribution in [0.25, 0.3) is 11.0 Å². The highest BCUT2D eigenvalue weighted by Crippen LogP contribution is 2.40. The van der Waals surface area contributed by atoms with Crippen molar-refractivity contribution in [3.05, 3.63) is 93.1 Å². The van der Waals surface area contributed by atoms with Crippen LogP contribution in [0.1, 0.15) is 27.7 Å². The molecule has 2 aromatic carbocycles. The smallest absolute Gasteiger partial charge is 0.297 e. The van der Waals surface area contributed by atoms with E-state index in [2.05, 4.69) is 9.97 Å². The summed E-state index contributed by atoms with van der Waals surface area (Å²) in [5, 5.41) is 0.715. The largest absolute Gasteiger partial charge is 0.497 e. The minimum absolute atomic E-state index is 0.0249. The Bertz CT molecular complexity index is 1340. The fraction of sp³-hybridized carbons (Fsp3) is 0.0909. The molecule has 7 nitrogen and oxygen atoms in total. The van der Waals surface area contributed by atoms with Crippen molar-refractivity contribution in [2.75, 3.05) is 12.0 Å². The number of rotatable bonds is 3. The number of ether oxygens (including phenoxy) is 1. The first-order valence-corrected chi connectivity index (χ1v) is 9.47. The quantitative estimate of drug-likeness (QED) is 0.499. The minimum atomic E-state index is -0.750. The van der Waals surface area contributed by atoms with Crippen molar-refractivity contribution in [2.45, 2.75) is 6.04 Å². The maximum atomic E-state index is 13.4. The lowest BCUT2D eigenvalue weighted by atomic mass is 9.98. The number of halogens is 1. The molecule has 8 heteroatoms. The molecule has 0 radical (unpaired) electrons. The van der Waals surface area contributed by atoms with Crippen LogP contribution in [0, 0.1) is 0 Å². The van der Waals surface area contributed by atoms with Gasteiger partial charge in [-0.1, -0.05) is 23.7 Å². The third-order valence-corrected chi connectivity index (χ3v) is 5.27. The molecule has 0 spiro atoms. The summed E-state index contributed by atoms with van der Waals surface area (Å²) in [5.41, 5.74) is 0.901. The molecular formula is C22H14ClN3O4. The van der Waals surface area contributed by atoms with Crippen molar-refractivity contribution in [3.8, 4) is 5.75 Å². The van der Waals surface area contributed by atoms with Crippen molar-refractivity contribution in [1.29, 1.82) is 0 Å². The van der Waals surface area contributed by atoms with Gasteiger partial charge in [0.05, 0.1) is 24.1 Å². The van der Waals surface area contributed by atoms with E-state index in [4.69, 9.17) is 20.8 Å².